The van der Waals surface area contributed by atoms with Crippen LogP contribution in [-0.2, 0) is 10.0 Å². The van der Waals surface area contributed by atoms with Gasteiger partial charge in [-0.15, -0.1) is 0 Å². The number of benzene rings is 2. The lowest BCUT2D eigenvalue weighted by Gasteiger charge is -2.09. The van der Waals surface area contributed by atoms with E-state index in [2.05, 4.69) is 15.9 Å². The van der Waals surface area contributed by atoms with Crippen molar-refractivity contribution >= 4 is 31.9 Å². The van der Waals surface area contributed by atoms with Gasteiger partial charge in [-0.25, -0.2) is 18.4 Å². The van der Waals surface area contributed by atoms with Crippen LogP contribution in [-0.4, -0.2) is 19.5 Å². The second-order valence-electron chi connectivity index (χ2n) is 4.06. The molecule has 110 valence electrons. The third-order valence-electron chi connectivity index (χ3n) is 2.55. The van der Waals surface area contributed by atoms with Gasteiger partial charge in [0.25, 0.3) is 0 Å². The topological polar surface area (TPSA) is 107 Å². The fourth-order valence-corrected chi connectivity index (χ4v) is 2.46. The van der Waals surface area contributed by atoms with Gasteiger partial charge in [0.15, 0.2) is 0 Å². The Morgan fingerprint density at radius 2 is 1.76 bits per heavy atom. The van der Waals surface area contributed by atoms with E-state index >= 15 is 0 Å². The van der Waals surface area contributed by atoms with Crippen LogP contribution in [0.3, 0.4) is 0 Å². The summed E-state index contributed by atoms with van der Waals surface area (Å²) in [6.45, 7) is 0. The predicted molar refractivity (Wildman–Crippen MR) is 79.0 cm³/mol. The molecule has 0 saturated heterocycles. The molecule has 0 unspecified atom stereocenters. The summed E-state index contributed by atoms with van der Waals surface area (Å²) in [6.07, 6.45) is 0. The predicted octanol–water partition coefficient (Wildman–Crippen LogP) is 2.59. The molecular formula is C13H10BrNO5S. The molecule has 0 saturated carbocycles. The summed E-state index contributed by atoms with van der Waals surface area (Å²) in [5, 5.41) is 14.1. The fourth-order valence-electron chi connectivity index (χ4n) is 1.58. The second-order valence-corrected chi connectivity index (χ2v) is 6.54. The van der Waals surface area contributed by atoms with Crippen molar-refractivity contribution in [3.8, 4) is 11.5 Å². The maximum absolute atomic E-state index is 11.2. The third kappa shape index (κ3) is 3.81. The molecular weight excluding hydrogens is 362 g/mol. The van der Waals surface area contributed by atoms with E-state index in [-0.39, 0.29) is 16.2 Å². The summed E-state index contributed by atoms with van der Waals surface area (Å²) in [7, 11) is -3.78. The van der Waals surface area contributed by atoms with Gasteiger partial charge in [-0.2, -0.15) is 0 Å². The van der Waals surface area contributed by atoms with Crippen LogP contribution in [0.4, 0.5) is 0 Å². The van der Waals surface area contributed by atoms with Crippen molar-refractivity contribution in [2.24, 2.45) is 5.14 Å². The van der Waals surface area contributed by atoms with Crippen molar-refractivity contribution in [3.63, 3.8) is 0 Å². The van der Waals surface area contributed by atoms with Crippen molar-refractivity contribution in [1.29, 1.82) is 0 Å². The van der Waals surface area contributed by atoms with Gasteiger partial charge < -0.3 is 9.84 Å². The van der Waals surface area contributed by atoms with E-state index in [1.165, 1.54) is 36.4 Å². The van der Waals surface area contributed by atoms with Gasteiger partial charge >= 0.3 is 5.97 Å². The average molecular weight is 372 g/mol. The summed E-state index contributed by atoms with van der Waals surface area (Å²) in [5.41, 5.74) is -0.0140. The first kappa shape index (κ1) is 15.5. The van der Waals surface area contributed by atoms with Crippen molar-refractivity contribution in [1.82, 2.24) is 0 Å². The Labute approximate surface area is 129 Å². The van der Waals surface area contributed by atoms with E-state index < -0.39 is 16.0 Å². The maximum atomic E-state index is 11.2. The van der Waals surface area contributed by atoms with E-state index in [1.807, 2.05) is 0 Å². The van der Waals surface area contributed by atoms with Crippen LogP contribution in [0.15, 0.2) is 51.8 Å². The molecule has 6 nitrogen and oxygen atoms in total. The van der Waals surface area contributed by atoms with Gasteiger partial charge in [0, 0.05) is 4.47 Å². The summed E-state index contributed by atoms with van der Waals surface area (Å²) >= 11 is 3.18. The molecule has 3 N–H and O–H groups in total. The van der Waals surface area contributed by atoms with Crippen molar-refractivity contribution < 1.29 is 23.1 Å². The largest absolute Gasteiger partial charge is 0.478 e. The number of aromatic carboxylic acids is 1. The van der Waals surface area contributed by atoms with Gasteiger partial charge in [-0.05, 0) is 42.5 Å². The zero-order valence-corrected chi connectivity index (χ0v) is 12.9. The van der Waals surface area contributed by atoms with Crippen LogP contribution in [0.5, 0.6) is 11.5 Å². The Bertz CT molecular complexity index is 787. The summed E-state index contributed by atoms with van der Waals surface area (Å²) in [4.78, 5) is 11.1. The molecule has 0 bridgehead atoms. The molecule has 0 heterocycles. The monoisotopic (exact) mass is 371 g/mol. The normalized spacial score (nSPS) is 11.1. The van der Waals surface area contributed by atoms with Gasteiger partial charge in [-0.1, -0.05) is 15.9 Å². The van der Waals surface area contributed by atoms with E-state index in [1.54, 1.807) is 6.07 Å². The number of carboxylic acids is 1. The van der Waals surface area contributed by atoms with Gasteiger partial charge in [0.2, 0.25) is 10.0 Å². The minimum Gasteiger partial charge on any atom is -0.478 e. The molecule has 8 heteroatoms. The molecule has 21 heavy (non-hydrogen) atoms. The molecule has 0 aliphatic carbocycles. The number of halogens is 1. The molecule has 2 aromatic carbocycles. The van der Waals surface area contributed by atoms with Crippen LogP contribution < -0.4 is 9.88 Å². The second kappa shape index (κ2) is 5.84. The van der Waals surface area contributed by atoms with Crippen LogP contribution in [0.1, 0.15) is 10.4 Å². The highest BCUT2D eigenvalue weighted by atomic mass is 79.9. The van der Waals surface area contributed by atoms with Crippen molar-refractivity contribution in [2.75, 3.05) is 0 Å². The van der Waals surface area contributed by atoms with Crippen molar-refractivity contribution in [3.05, 3.63) is 52.5 Å². The third-order valence-corrected chi connectivity index (χ3v) is 3.97. The van der Waals surface area contributed by atoms with Crippen LogP contribution in [0.25, 0.3) is 0 Å². The maximum Gasteiger partial charge on any atom is 0.339 e. The average Bonchev–Trinajstić information content (AvgIpc) is 2.40. The van der Waals surface area contributed by atoms with E-state index in [4.69, 9.17) is 15.0 Å². The highest BCUT2D eigenvalue weighted by molar-refractivity contribution is 9.10. The minimum atomic E-state index is -3.78. The number of carbonyl (C=O) groups is 1. The number of ether oxygens (including phenoxy) is 1. The number of nitrogens with two attached hydrogens (primary N) is 1. The van der Waals surface area contributed by atoms with Crippen LogP contribution in [0.2, 0.25) is 0 Å². The number of hydrogen-bond acceptors (Lipinski definition) is 4. The SMILES string of the molecule is NS(=O)(=O)c1ccc(Oc2ccc(Br)cc2C(=O)O)cc1. The first-order valence-electron chi connectivity index (χ1n) is 5.61. The summed E-state index contributed by atoms with van der Waals surface area (Å²) in [6, 6.07) is 9.91. The number of sulfonamides is 1. The Morgan fingerprint density at radius 1 is 1.14 bits per heavy atom. The molecule has 0 radical (unpaired) electrons. The lowest BCUT2D eigenvalue weighted by Crippen LogP contribution is -2.11. The lowest BCUT2D eigenvalue weighted by molar-refractivity contribution is 0.0694. The van der Waals surface area contributed by atoms with Crippen LogP contribution >= 0.6 is 15.9 Å². The number of carboxylic acid groups (broad SMARTS) is 1. The first-order valence-corrected chi connectivity index (χ1v) is 7.95. The zero-order chi connectivity index (χ0) is 15.6. The Kier molecular flexibility index (Phi) is 4.31. The molecule has 0 atom stereocenters. The van der Waals surface area contributed by atoms with Gasteiger partial charge in [0.1, 0.15) is 17.1 Å². The highest BCUT2D eigenvalue weighted by Gasteiger charge is 2.13. The van der Waals surface area contributed by atoms with E-state index in [9.17, 15) is 13.2 Å². The zero-order valence-electron chi connectivity index (χ0n) is 10.5. The van der Waals surface area contributed by atoms with Gasteiger partial charge in [0.05, 0.1) is 4.90 Å². The standard InChI is InChI=1S/C13H10BrNO5S/c14-8-1-6-12(11(7-8)13(16)17)20-9-2-4-10(5-3-9)21(15,18)19/h1-7H,(H,16,17)(H2,15,18,19). The molecule has 0 aliphatic heterocycles. The molecule has 0 aliphatic rings. The molecule has 0 spiro atoms. The smallest absolute Gasteiger partial charge is 0.339 e. The molecule has 0 aromatic heterocycles. The fraction of sp³-hybridized carbons (Fsp3) is 0. The lowest BCUT2D eigenvalue weighted by atomic mass is 10.2. The molecule has 2 rings (SSSR count). The Balaban J connectivity index is 2.33. The number of hydrogen-bond donors (Lipinski definition) is 2. The number of primary sulfonamides is 1. The molecule has 2 aromatic rings. The van der Waals surface area contributed by atoms with E-state index in [0.717, 1.165) is 0 Å². The number of rotatable bonds is 4. The van der Waals surface area contributed by atoms with Gasteiger partial charge in [-0.3, -0.25) is 0 Å². The van der Waals surface area contributed by atoms with E-state index in [0.29, 0.717) is 10.2 Å². The first-order chi connectivity index (χ1) is 9.77. The Morgan fingerprint density at radius 3 is 2.29 bits per heavy atom. The quantitative estimate of drug-likeness (QED) is 0.858. The van der Waals surface area contributed by atoms with Crippen molar-refractivity contribution in [2.45, 2.75) is 4.90 Å². The Hall–Kier alpha value is -1.90. The minimum absolute atomic E-state index is 0.0140. The summed E-state index contributed by atoms with van der Waals surface area (Å²) < 4.78 is 28.3. The molecule has 0 fully saturated rings. The molecule has 0 amide bonds. The summed E-state index contributed by atoms with van der Waals surface area (Å²) in [5.74, 6) is -0.686. The van der Waals surface area contributed by atoms with Crippen LogP contribution in [0, 0.1) is 0 Å². The highest BCUT2D eigenvalue weighted by Crippen LogP contribution is 2.28.